The van der Waals surface area contributed by atoms with Crippen LogP contribution >= 0.6 is 11.8 Å². The zero-order valence-corrected chi connectivity index (χ0v) is 19.6. The molecule has 2 aromatic carbocycles. The molecule has 174 valence electrons. The van der Waals surface area contributed by atoms with Gasteiger partial charge in [0.25, 0.3) is 5.91 Å². The van der Waals surface area contributed by atoms with Crippen molar-refractivity contribution in [3.05, 3.63) is 71.4 Å². The number of nitrogens with zero attached hydrogens (tertiary/aromatic N) is 3. The maximum Gasteiger partial charge on any atom is 0.252 e. The SMILES string of the molecule is COc1ccc(C(CNC(=O)c2ccccc2SCc2nc(C)no2)N2CCOCC2)cc1. The molecule has 1 N–H and O–H groups in total. The molecule has 0 spiro atoms. The summed E-state index contributed by atoms with van der Waals surface area (Å²) in [4.78, 5) is 20.6. The number of aryl methyl sites for hydroxylation is 1. The van der Waals surface area contributed by atoms with Gasteiger partial charge in [0.2, 0.25) is 5.89 Å². The molecule has 33 heavy (non-hydrogen) atoms. The largest absolute Gasteiger partial charge is 0.497 e. The van der Waals surface area contributed by atoms with Crippen LogP contribution < -0.4 is 10.1 Å². The van der Waals surface area contributed by atoms with Crippen molar-refractivity contribution < 1.29 is 18.8 Å². The second-order valence-electron chi connectivity index (χ2n) is 7.67. The molecule has 8 nitrogen and oxygen atoms in total. The van der Waals surface area contributed by atoms with Crippen molar-refractivity contribution in [1.29, 1.82) is 0 Å². The summed E-state index contributed by atoms with van der Waals surface area (Å²) in [6.45, 7) is 5.30. The lowest BCUT2D eigenvalue weighted by atomic mass is 10.0. The minimum absolute atomic E-state index is 0.0462. The molecule has 4 rings (SSSR count). The van der Waals surface area contributed by atoms with Crippen molar-refractivity contribution in [2.24, 2.45) is 0 Å². The Labute approximate surface area is 197 Å². The van der Waals surface area contributed by atoms with Gasteiger partial charge in [0, 0.05) is 24.5 Å². The number of methoxy groups -OCH3 is 1. The highest BCUT2D eigenvalue weighted by atomic mass is 32.2. The lowest BCUT2D eigenvalue weighted by Crippen LogP contribution is -2.43. The number of rotatable bonds is 9. The van der Waals surface area contributed by atoms with Gasteiger partial charge in [-0.15, -0.1) is 11.8 Å². The van der Waals surface area contributed by atoms with E-state index in [0.29, 0.717) is 42.8 Å². The Bertz CT molecular complexity index is 1050. The fourth-order valence-corrected chi connectivity index (χ4v) is 4.66. The van der Waals surface area contributed by atoms with Crippen molar-refractivity contribution >= 4 is 17.7 Å². The van der Waals surface area contributed by atoms with Gasteiger partial charge in [-0.05, 0) is 36.8 Å². The third-order valence-corrected chi connectivity index (χ3v) is 6.55. The number of aromatic nitrogens is 2. The van der Waals surface area contributed by atoms with Gasteiger partial charge in [0.05, 0.1) is 37.7 Å². The van der Waals surface area contributed by atoms with Crippen molar-refractivity contribution in [2.75, 3.05) is 40.0 Å². The van der Waals surface area contributed by atoms with E-state index in [2.05, 4.69) is 32.5 Å². The Morgan fingerprint density at radius 2 is 1.94 bits per heavy atom. The normalized spacial score (nSPS) is 15.2. The number of morpholine rings is 1. The highest BCUT2D eigenvalue weighted by Crippen LogP contribution is 2.27. The average Bonchev–Trinajstić information content (AvgIpc) is 3.29. The summed E-state index contributed by atoms with van der Waals surface area (Å²) in [5.74, 6) is 2.36. The topological polar surface area (TPSA) is 89.7 Å². The summed E-state index contributed by atoms with van der Waals surface area (Å²) >= 11 is 1.51. The predicted octanol–water partition coefficient (Wildman–Crippen LogP) is 3.48. The average molecular weight is 469 g/mol. The molecule has 1 aromatic heterocycles. The molecule has 0 saturated carbocycles. The highest BCUT2D eigenvalue weighted by molar-refractivity contribution is 7.98. The molecule has 1 saturated heterocycles. The minimum Gasteiger partial charge on any atom is -0.497 e. The van der Waals surface area contributed by atoms with Crippen LogP contribution in [0.4, 0.5) is 0 Å². The van der Waals surface area contributed by atoms with E-state index in [1.54, 1.807) is 14.0 Å². The summed E-state index contributed by atoms with van der Waals surface area (Å²) in [7, 11) is 1.66. The molecule has 0 aliphatic carbocycles. The van der Waals surface area contributed by atoms with Crippen molar-refractivity contribution in [2.45, 2.75) is 23.6 Å². The summed E-state index contributed by atoms with van der Waals surface area (Å²) in [5.41, 5.74) is 1.77. The van der Waals surface area contributed by atoms with Gasteiger partial charge in [0.1, 0.15) is 5.75 Å². The van der Waals surface area contributed by atoms with Crippen molar-refractivity contribution in [3.8, 4) is 5.75 Å². The molecule has 0 radical (unpaired) electrons. The Kier molecular flexibility index (Phi) is 7.98. The summed E-state index contributed by atoms with van der Waals surface area (Å²) in [5, 5.41) is 6.97. The number of carbonyl (C=O) groups excluding carboxylic acids is 1. The number of ether oxygens (including phenoxy) is 2. The molecule has 1 aliphatic heterocycles. The van der Waals surface area contributed by atoms with E-state index in [0.717, 1.165) is 29.3 Å². The Morgan fingerprint density at radius 1 is 1.18 bits per heavy atom. The quantitative estimate of drug-likeness (QED) is 0.478. The van der Waals surface area contributed by atoms with Gasteiger partial charge < -0.3 is 19.3 Å². The number of thioether (sulfide) groups is 1. The number of hydrogen-bond donors (Lipinski definition) is 1. The molecule has 1 fully saturated rings. The van der Waals surface area contributed by atoms with E-state index >= 15 is 0 Å². The van der Waals surface area contributed by atoms with E-state index < -0.39 is 0 Å². The maximum atomic E-state index is 13.2. The van der Waals surface area contributed by atoms with Gasteiger partial charge in [-0.3, -0.25) is 9.69 Å². The molecule has 1 aliphatic rings. The van der Waals surface area contributed by atoms with E-state index in [-0.39, 0.29) is 11.9 Å². The first-order valence-electron chi connectivity index (χ1n) is 10.9. The van der Waals surface area contributed by atoms with E-state index in [4.69, 9.17) is 14.0 Å². The number of carbonyl (C=O) groups is 1. The number of hydrogen-bond acceptors (Lipinski definition) is 8. The van der Waals surface area contributed by atoms with Crippen LogP contribution in [0.3, 0.4) is 0 Å². The zero-order valence-electron chi connectivity index (χ0n) is 18.8. The first kappa shape index (κ1) is 23.3. The van der Waals surface area contributed by atoms with Crippen molar-refractivity contribution in [3.63, 3.8) is 0 Å². The lowest BCUT2D eigenvalue weighted by Gasteiger charge is -2.35. The van der Waals surface area contributed by atoms with Crippen LogP contribution in [0.2, 0.25) is 0 Å². The lowest BCUT2D eigenvalue weighted by molar-refractivity contribution is 0.0162. The van der Waals surface area contributed by atoms with Gasteiger partial charge in [-0.1, -0.05) is 29.4 Å². The fourth-order valence-electron chi connectivity index (χ4n) is 3.78. The summed E-state index contributed by atoms with van der Waals surface area (Å²) in [6, 6.07) is 15.6. The maximum absolute atomic E-state index is 13.2. The third-order valence-electron chi connectivity index (χ3n) is 5.50. The first-order chi connectivity index (χ1) is 16.1. The molecule has 9 heteroatoms. The molecule has 0 bridgehead atoms. The Morgan fingerprint density at radius 3 is 2.64 bits per heavy atom. The molecular formula is C24H28N4O4S. The molecule has 2 heterocycles. The van der Waals surface area contributed by atoms with E-state index in [9.17, 15) is 4.79 Å². The monoisotopic (exact) mass is 468 g/mol. The molecular weight excluding hydrogens is 440 g/mol. The standard InChI is InChI=1S/C24H28N4O4S/c1-17-26-23(32-27-17)16-33-22-6-4-3-5-20(22)24(29)25-15-21(28-11-13-31-14-12-28)18-7-9-19(30-2)10-8-18/h3-10,21H,11-16H2,1-2H3,(H,25,29). The molecule has 1 atom stereocenters. The first-order valence-corrected chi connectivity index (χ1v) is 11.9. The Hall–Kier alpha value is -2.88. The molecule has 1 unspecified atom stereocenters. The second-order valence-corrected chi connectivity index (χ2v) is 8.68. The van der Waals surface area contributed by atoms with Gasteiger partial charge in [0.15, 0.2) is 5.82 Å². The second kappa shape index (κ2) is 11.3. The van der Waals surface area contributed by atoms with Crippen LogP contribution in [0.5, 0.6) is 5.75 Å². The predicted molar refractivity (Wildman–Crippen MR) is 125 cm³/mol. The number of nitrogens with one attached hydrogen (secondary N) is 1. The molecule has 1 amide bonds. The third kappa shape index (κ3) is 6.13. The van der Waals surface area contributed by atoms with Crippen molar-refractivity contribution in [1.82, 2.24) is 20.4 Å². The van der Waals surface area contributed by atoms with E-state index in [1.165, 1.54) is 11.8 Å². The summed E-state index contributed by atoms with van der Waals surface area (Å²) in [6.07, 6.45) is 0. The van der Waals surface area contributed by atoms with Crippen LogP contribution in [-0.4, -0.2) is 60.9 Å². The van der Waals surface area contributed by atoms with Crippen LogP contribution in [0.1, 0.15) is 33.7 Å². The zero-order chi connectivity index (χ0) is 23.0. The molecule has 3 aromatic rings. The van der Waals surface area contributed by atoms with Gasteiger partial charge in [-0.2, -0.15) is 4.98 Å². The van der Waals surface area contributed by atoms with Crippen LogP contribution in [-0.2, 0) is 10.5 Å². The van der Waals surface area contributed by atoms with Crippen LogP contribution in [0.25, 0.3) is 0 Å². The minimum atomic E-state index is -0.105. The van der Waals surface area contributed by atoms with Crippen LogP contribution in [0, 0.1) is 6.92 Å². The summed E-state index contributed by atoms with van der Waals surface area (Å²) < 4.78 is 16.0. The highest BCUT2D eigenvalue weighted by Gasteiger charge is 2.24. The van der Waals surface area contributed by atoms with Crippen LogP contribution in [0.15, 0.2) is 57.9 Å². The number of benzene rings is 2. The van der Waals surface area contributed by atoms with E-state index in [1.807, 2.05) is 36.4 Å². The van der Waals surface area contributed by atoms with Gasteiger partial charge >= 0.3 is 0 Å². The number of amides is 1. The van der Waals surface area contributed by atoms with Gasteiger partial charge in [-0.25, -0.2) is 0 Å². The Balaban J connectivity index is 1.45. The smallest absolute Gasteiger partial charge is 0.252 e. The fraction of sp³-hybridized carbons (Fsp3) is 0.375.